The maximum atomic E-state index is 5.79. The first-order valence-corrected chi connectivity index (χ1v) is 4.50. The topological polar surface area (TPSA) is 61.0 Å². The predicted octanol–water partition coefficient (Wildman–Crippen LogP) is 0.946. The van der Waals surface area contributed by atoms with Crippen LogP contribution < -0.4 is 10.5 Å². The lowest BCUT2D eigenvalue weighted by molar-refractivity contribution is 0.377. The van der Waals surface area contributed by atoms with Crippen molar-refractivity contribution < 1.29 is 4.74 Å². The summed E-state index contributed by atoms with van der Waals surface area (Å²) in [5, 5.41) is 0. The van der Waals surface area contributed by atoms with Gasteiger partial charge in [0.15, 0.2) is 0 Å². The Morgan fingerprint density at radius 1 is 1.23 bits per heavy atom. The summed E-state index contributed by atoms with van der Waals surface area (Å²) in [6, 6.07) is 0.387. The van der Waals surface area contributed by atoms with Crippen molar-refractivity contribution in [3.8, 4) is 6.01 Å². The van der Waals surface area contributed by atoms with Crippen LogP contribution in [0.5, 0.6) is 6.01 Å². The number of ether oxygens (including phenoxy) is 1. The van der Waals surface area contributed by atoms with E-state index in [1.807, 2.05) is 0 Å². The van der Waals surface area contributed by atoms with Crippen LogP contribution in [-0.2, 0) is 12.8 Å². The normalized spacial score (nSPS) is 15.2. The zero-order chi connectivity index (χ0) is 9.26. The van der Waals surface area contributed by atoms with Crippen LogP contribution in [-0.4, -0.2) is 17.1 Å². The van der Waals surface area contributed by atoms with Crippen LogP contribution in [0.1, 0.15) is 24.1 Å². The van der Waals surface area contributed by atoms with E-state index in [1.54, 1.807) is 7.11 Å². The highest BCUT2D eigenvalue weighted by Gasteiger charge is 2.15. The molecule has 1 aliphatic rings. The fraction of sp³-hybridized carbons (Fsp3) is 0.556. The first kappa shape index (κ1) is 8.29. The van der Waals surface area contributed by atoms with Crippen LogP contribution in [0, 0.1) is 0 Å². The van der Waals surface area contributed by atoms with E-state index in [1.165, 1.54) is 12.8 Å². The van der Waals surface area contributed by atoms with Crippen molar-refractivity contribution >= 4 is 5.82 Å². The van der Waals surface area contributed by atoms with Gasteiger partial charge in [-0.1, -0.05) is 0 Å². The van der Waals surface area contributed by atoms with Crippen molar-refractivity contribution in [1.29, 1.82) is 0 Å². The molecular formula is C9H13N3O. The summed E-state index contributed by atoms with van der Waals surface area (Å²) >= 11 is 0. The lowest BCUT2D eigenvalue weighted by Gasteiger charge is -2.16. The van der Waals surface area contributed by atoms with Crippen molar-refractivity contribution in [2.45, 2.75) is 25.7 Å². The van der Waals surface area contributed by atoms with Crippen molar-refractivity contribution in [2.24, 2.45) is 0 Å². The fourth-order valence-corrected chi connectivity index (χ4v) is 1.69. The molecule has 0 bridgehead atoms. The molecule has 0 aliphatic heterocycles. The van der Waals surface area contributed by atoms with Gasteiger partial charge < -0.3 is 10.5 Å². The highest BCUT2D eigenvalue weighted by Crippen LogP contribution is 2.24. The molecule has 2 rings (SSSR count). The lowest BCUT2D eigenvalue weighted by atomic mass is 9.97. The molecule has 1 aromatic heterocycles. The molecule has 0 spiro atoms. The Bertz CT molecular complexity index is 325. The highest BCUT2D eigenvalue weighted by atomic mass is 16.5. The van der Waals surface area contributed by atoms with Gasteiger partial charge in [0, 0.05) is 5.56 Å². The molecule has 4 heteroatoms. The molecule has 0 unspecified atom stereocenters. The average Bonchev–Trinajstić information content (AvgIpc) is 2.18. The quantitative estimate of drug-likeness (QED) is 0.697. The van der Waals surface area contributed by atoms with E-state index < -0.39 is 0 Å². The lowest BCUT2D eigenvalue weighted by Crippen LogP contribution is -2.11. The molecule has 1 aromatic rings. The molecule has 1 aliphatic carbocycles. The van der Waals surface area contributed by atoms with Gasteiger partial charge in [-0.2, -0.15) is 9.97 Å². The summed E-state index contributed by atoms with van der Waals surface area (Å²) in [6.07, 6.45) is 4.38. The first-order valence-electron chi connectivity index (χ1n) is 4.50. The fourth-order valence-electron chi connectivity index (χ4n) is 1.69. The van der Waals surface area contributed by atoms with Gasteiger partial charge in [-0.05, 0) is 25.7 Å². The Morgan fingerprint density at radius 2 is 2.00 bits per heavy atom. The smallest absolute Gasteiger partial charge is 0.318 e. The third-order valence-electron chi connectivity index (χ3n) is 2.38. The minimum Gasteiger partial charge on any atom is -0.467 e. The van der Waals surface area contributed by atoms with Gasteiger partial charge in [-0.3, -0.25) is 0 Å². The number of aromatic nitrogens is 2. The molecule has 0 amide bonds. The second-order valence-electron chi connectivity index (χ2n) is 3.23. The summed E-state index contributed by atoms with van der Waals surface area (Å²) in [7, 11) is 1.56. The van der Waals surface area contributed by atoms with Crippen LogP contribution in [0.25, 0.3) is 0 Å². The molecule has 0 saturated heterocycles. The van der Waals surface area contributed by atoms with Gasteiger partial charge in [-0.25, -0.2) is 0 Å². The highest BCUT2D eigenvalue weighted by molar-refractivity contribution is 5.44. The number of hydrogen-bond acceptors (Lipinski definition) is 4. The van der Waals surface area contributed by atoms with Crippen molar-refractivity contribution in [1.82, 2.24) is 9.97 Å². The Hall–Kier alpha value is -1.32. The Balaban J connectivity index is 2.47. The summed E-state index contributed by atoms with van der Waals surface area (Å²) in [5.41, 5.74) is 7.97. The number of fused-ring (bicyclic) bond motifs is 1. The van der Waals surface area contributed by atoms with Crippen LogP contribution in [0.3, 0.4) is 0 Å². The molecule has 0 aromatic carbocycles. The molecule has 0 fully saturated rings. The predicted molar refractivity (Wildman–Crippen MR) is 49.6 cm³/mol. The Morgan fingerprint density at radius 3 is 2.77 bits per heavy atom. The van der Waals surface area contributed by atoms with E-state index in [2.05, 4.69) is 9.97 Å². The maximum absolute atomic E-state index is 5.79. The molecule has 70 valence electrons. The van der Waals surface area contributed by atoms with Gasteiger partial charge in [-0.15, -0.1) is 0 Å². The van der Waals surface area contributed by atoms with Crippen LogP contribution in [0.4, 0.5) is 5.82 Å². The zero-order valence-electron chi connectivity index (χ0n) is 7.71. The van der Waals surface area contributed by atoms with E-state index in [0.717, 1.165) is 24.1 Å². The van der Waals surface area contributed by atoms with Gasteiger partial charge in [0.05, 0.1) is 12.8 Å². The van der Waals surface area contributed by atoms with E-state index in [4.69, 9.17) is 10.5 Å². The number of rotatable bonds is 1. The number of nitrogens with zero attached hydrogens (tertiary/aromatic N) is 2. The van der Waals surface area contributed by atoms with Crippen LogP contribution in [0.2, 0.25) is 0 Å². The van der Waals surface area contributed by atoms with Crippen LogP contribution in [0.15, 0.2) is 0 Å². The number of hydrogen-bond donors (Lipinski definition) is 1. The monoisotopic (exact) mass is 179 g/mol. The average molecular weight is 179 g/mol. The van der Waals surface area contributed by atoms with E-state index >= 15 is 0 Å². The summed E-state index contributed by atoms with van der Waals surface area (Å²) in [6.45, 7) is 0. The maximum Gasteiger partial charge on any atom is 0.318 e. The SMILES string of the molecule is COc1nc(N)c2c(n1)CCCC2. The first-order chi connectivity index (χ1) is 6.31. The number of nitrogen functional groups attached to an aromatic ring is 1. The van der Waals surface area contributed by atoms with E-state index in [9.17, 15) is 0 Å². The van der Waals surface area contributed by atoms with Gasteiger partial charge in [0.25, 0.3) is 0 Å². The Labute approximate surface area is 77.1 Å². The third kappa shape index (κ3) is 1.43. The number of aryl methyl sites for hydroxylation is 1. The zero-order valence-corrected chi connectivity index (χ0v) is 7.71. The van der Waals surface area contributed by atoms with Crippen LogP contribution >= 0.6 is 0 Å². The number of nitrogens with two attached hydrogens (primary N) is 1. The second-order valence-corrected chi connectivity index (χ2v) is 3.23. The van der Waals surface area contributed by atoms with Gasteiger partial charge in [0.2, 0.25) is 0 Å². The molecular weight excluding hydrogens is 166 g/mol. The molecule has 0 saturated carbocycles. The van der Waals surface area contributed by atoms with Gasteiger partial charge >= 0.3 is 6.01 Å². The molecule has 13 heavy (non-hydrogen) atoms. The van der Waals surface area contributed by atoms with E-state index in [-0.39, 0.29) is 0 Å². The van der Waals surface area contributed by atoms with Crippen molar-refractivity contribution in [3.63, 3.8) is 0 Å². The van der Waals surface area contributed by atoms with Gasteiger partial charge in [0.1, 0.15) is 5.82 Å². The molecule has 2 N–H and O–H groups in total. The standard InChI is InChI=1S/C9H13N3O/c1-13-9-11-7-5-3-2-4-6(7)8(10)12-9/h2-5H2,1H3,(H2,10,11,12). The van der Waals surface area contributed by atoms with Crippen molar-refractivity contribution in [3.05, 3.63) is 11.3 Å². The molecule has 0 atom stereocenters. The minimum atomic E-state index is 0.387. The largest absolute Gasteiger partial charge is 0.467 e. The summed E-state index contributed by atoms with van der Waals surface area (Å²) < 4.78 is 4.96. The van der Waals surface area contributed by atoms with E-state index in [0.29, 0.717) is 11.8 Å². The minimum absolute atomic E-state index is 0.387. The third-order valence-corrected chi connectivity index (χ3v) is 2.38. The van der Waals surface area contributed by atoms with Crippen molar-refractivity contribution in [2.75, 3.05) is 12.8 Å². The molecule has 0 radical (unpaired) electrons. The summed E-state index contributed by atoms with van der Waals surface area (Å²) in [5.74, 6) is 0.585. The Kier molecular flexibility index (Phi) is 2.04. The molecule has 4 nitrogen and oxygen atoms in total. The number of anilines is 1. The second kappa shape index (κ2) is 3.20. The number of methoxy groups -OCH3 is 1. The molecule has 1 heterocycles. The summed E-state index contributed by atoms with van der Waals surface area (Å²) in [4.78, 5) is 8.33.